The summed E-state index contributed by atoms with van der Waals surface area (Å²) in [5.41, 5.74) is 3.12. The lowest BCUT2D eigenvalue weighted by molar-refractivity contribution is 0.185. The van der Waals surface area contributed by atoms with E-state index in [4.69, 9.17) is 0 Å². The SMILES string of the molecule is C[C@@H](O)CCc1csc2c1CCCC2. The summed E-state index contributed by atoms with van der Waals surface area (Å²) in [6, 6.07) is 0. The average Bonchev–Trinajstić information content (AvgIpc) is 2.58. The van der Waals surface area contributed by atoms with Gasteiger partial charge in [-0.2, -0.15) is 0 Å². The Bertz CT molecular complexity index is 301. The van der Waals surface area contributed by atoms with Gasteiger partial charge >= 0.3 is 0 Å². The van der Waals surface area contributed by atoms with Crippen molar-refractivity contribution in [2.45, 2.75) is 51.6 Å². The summed E-state index contributed by atoms with van der Waals surface area (Å²) in [6.07, 6.45) is 7.08. The molecule has 0 fully saturated rings. The van der Waals surface area contributed by atoms with Crippen molar-refractivity contribution in [3.8, 4) is 0 Å². The van der Waals surface area contributed by atoms with Crippen LogP contribution < -0.4 is 0 Å². The van der Waals surface area contributed by atoms with Gasteiger partial charge in [-0.25, -0.2) is 0 Å². The third-order valence-electron chi connectivity index (χ3n) is 2.98. The summed E-state index contributed by atoms with van der Waals surface area (Å²) >= 11 is 1.92. The third-order valence-corrected chi connectivity index (χ3v) is 4.12. The molecule has 1 aromatic rings. The lowest BCUT2D eigenvalue weighted by atomic mass is 9.94. The molecule has 1 atom stereocenters. The van der Waals surface area contributed by atoms with E-state index in [-0.39, 0.29) is 6.10 Å². The van der Waals surface area contributed by atoms with Crippen LogP contribution in [0.1, 0.15) is 42.2 Å². The van der Waals surface area contributed by atoms with Crippen LogP contribution in [0.25, 0.3) is 0 Å². The largest absolute Gasteiger partial charge is 0.393 e. The van der Waals surface area contributed by atoms with Gasteiger partial charge in [-0.3, -0.25) is 0 Å². The van der Waals surface area contributed by atoms with Crippen molar-refractivity contribution in [2.75, 3.05) is 0 Å². The minimum absolute atomic E-state index is 0.158. The maximum atomic E-state index is 9.26. The molecule has 0 bridgehead atoms. The van der Waals surface area contributed by atoms with Crippen molar-refractivity contribution < 1.29 is 5.11 Å². The molecule has 0 saturated heterocycles. The Morgan fingerprint density at radius 3 is 3.00 bits per heavy atom. The zero-order valence-corrected chi connectivity index (χ0v) is 9.57. The molecule has 1 aromatic heterocycles. The second-order valence-electron chi connectivity index (χ2n) is 4.26. The number of hydrogen-bond donors (Lipinski definition) is 1. The molecular formula is C12H18OS. The van der Waals surface area contributed by atoms with E-state index in [9.17, 15) is 5.11 Å². The predicted octanol–water partition coefficient (Wildman–Crippen LogP) is 2.94. The molecule has 2 heteroatoms. The molecule has 0 spiro atoms. The average molecular weight is 210 g/mol. The Morgan fingerprint density at radius 1 is 1.43 bits per heavy atom. The fourth-order valence-corrected chi connectivity index (χ4v) is 3.32. The molecule has 0 aliphatic heterocycles. The Kier molecular flexibility index (Phi) is 3.24. The van der Waals surface area contributed by atoms with E-state index in [0.29, 0.717) is 0 Å². The Labute approximate surface area is 89.8 Å². The molecule has 14 heavy (non-hydrogen) atoms. The fraction of sp³-hybridized carbons (Fsp3) is 0.667. The molecule has 0 unspecified atom stereocenters. The summed E-state index contributed by atoms with van der Waals surface area (Å²) in [4.78, 5) is 1.61. The van der Waals surface area contributed by atoms with Crippen LogP contribution in [0.2, 0.25) is 0 Å². The summed E-state index contributed by atoms with van der Waals surface area (Å²) in [5, 5.41) is 11.6. The molecule has 2 rings (SSSR count). The van der Waals surface area contributed by atoms with Crippen molar-refractivity contribution in [3.63, 3.8) is 0 Å². The predicted molar refractivity (Wildman–Crippen MR) is 61.0 cm³/mol. The fourth-order valence-electron chi connectivity index (χ4n) is 2.13. The first-order valence-electron chi connectivity index (χ1n) is 5.53. The maximum absolute atomic E-state index is 9.26. The van der Waals surface area contributed by atoms with Gasteiger partial charge in [0.1, 0.15) is 0 Å². The van der Waals surface area contributed by atoms with Gasteiger partial charge in [0.25, 0.3) is 0 Å². The second kappa shape index (κ2) is 4.45. The van der Waals surface area contributed by atoms with Crippen LogP contribution in [-0.4, -0.2) is 11.2 Å². The highest BCUT2D eigenvalue weighted by molar-refractivity contribution is 7.10. The number of aliphatic hydroxyl groups excluding tert-OH is 1. The molecular weight excluding hydrogens is 192 g/mol. The highest BCUT2D eigenvalue weighted by atomic mass is 32.1. The molecule has 0 saturated carbocycles. The first kappa shape index (κ1) is 10.2. The molecule has 0 radical (unpaired) electrons. The maximum Gasteiger partial charge on any atom is 0.0515 e. The van der Waals surface area contributed by atoms with E-state index in [1.807, 2.05) is 18.3 Å². The van der Waals surface area contributed by atoms with Gasteiger partial charge in [-0.15, -0.1) is 11.3 Å². The van der Waals surface area contributed by atoms with Crippen molar-refractivity contribution in [2.24, 2.45) is 0 Å². The molecule has 1 N–H and O–H groups in total. The number of hydrogen-bond acceptors (Lipinski definition) is 2. The number of aliphatic hydroxyl groups is 1. The molecule has 1 heterocycles. The van der Waals surface area contributed by atoms with Gasteiger partial charge in [0.2, 0.25) is 0 Å². The van der Waals surface area contributed by atoms with Gasteiger partial charge < -0.3 is 5.11 Å². The topological polar surface area (TPSA) is 20.2 Å². The Morgan fingerprint density at radius 2 is 2.21 bits per heavy atom. The van der Waals surface area contributed by atoms with Crippen LogP contribution in [0.4, 0.5) is 0 Å². The van der Waals surface area contributed by atoms with Crippen molar-refractivity contribution >= 4 is 11.3 Å². The highest BCUT2D eigenvalue weighted by Gasteiger charge is 2.15. The highest BCUT2D eigenvalue weighted by Crippen LogP contribution is 2.30. The summed E-state index contributed by atoms with van der Waals surface area (Å²) in [6.45, 7) is 1.87. The molecule has 78 valence electrons. The zero-order chi connectivity index (χ0) is 9.97. The Hall–Kier alpha value is -0.340. The quantitative estimate of drug-likeness (QED) is 0.813. The van der Waals surface area contributed by atoms with Gasteiger partial charge in [-0.05, 0) is 62.0 Å². The second-order valence-corrected chi connectivity index (χ2v) is 5.22. The summed E-state index contributed by atoms with van der Waals surface area (Å²) < 4.78 is 0. The summed E-state index contributed by atoms with van der Waals surface area (Å²) in [7, 11) is 0. The normalized spacial score (nSPS) is 17.9. The van der Waals surface area contributed by atoms with Crippen LogP contribution in [0, 0.1) is 0 Å². The van der Waals surface area contributed by atoms with E-state index < -0.39 is 0 Å². The summed E-state index contributed by atoms with van der Waals surface area (Å²) in [5.74, 6) is 0. The van der Waals surface area contributed by atoms with Gasteiger partial charge in [-0.1, -0.05) is 0 Å². The third kappa shape index (κ3) is 2.18. The smallest absolute Gasteiger partial charge is 0.0515 e. The number of fused-ring (bicyclic) bond motifs is 1. The van der Waals surface area contributed by atoms with E-state index in [1.54, 1.807) is 10.4 Å². The van der Waals surface area contributed by atoms with Crippen molar-refractivity contribution in [3.05, 3.63) is 21.4 Å². The van der Waals surface area contributed by atoms with E-state index >= 15 is 0 Å². The van der Waals surface area contributed by atoms with E-state index in [1.165, 1.54) is 31.2 Å². The number of thiophene rings is 1. The first-order chi connectivity index (χ1) is 6.77. The minimum atomic E-state index is -0.158. The molecule has 0 aromatic carbocycles. The van der Waals surface area contributed by atoms with Crippen LogP contribution in [-0.2, 0) is 19.3 Å². The lowest BCUT2D eigenvalue weighted by Crippen LogP contribution is -2.05. The van der Waals surface area contributed by atoms with Crippen LogP contribution in [0.3, 0.4) is 0 Å². The minimum Gasteiger partial charge on any atom is -0.393 e. The standard InChI is InChI=1S/C12H18OS/c1-9(13)6-7-10-8-14-12-5-3-2-4-11(10)12/h8-9,13H,2-7H2,1H3/t9-/m1/s1. The molecule has 1 aliphatic rings. The molecule has 0 amide bonds. The number of aryl methyl sites for hydroxylation is 2. The zero-order valence-electron chi connectivity index (χ0n) is 8.75. The number of rotatable bonds is 3. The Balaban J connectivity index is 2.06. The van der Waals surface area contributed by atoms with Crippen LogP contribution in [0.5, 0.6) is 0 Å². The van der Waals surface area contributed by atoms with Gasteiger partial charge in [0.15, 0.2) is 0 Å². The van der Waals surface area contributed by atoms with Crippen LogP contribution in [0.15, 0.2) is 5.38 Å². The molecule has 1 aliphatic carbocycles. The molecule has 1 nitrogen and oxygen atoms in total. The lowest BCUT2D eigenvalue weighted by Gasteiger charge is -2.13. The van der Waals surface area contributed by atoms with E-state index in [2.05, 4.69) is 5.38 Å². The van der Waals surface area contributed by atoms with E-state index in [0.717, 1.165) is 12.8 Å². The van der Waals surface area contributed by atoms with Gasteiger partial charge in [0, 0.05) is 4.88 Å². The van der Waals surface area contributed by atoms with Crippen molar-refractivity contribution in [1.82, 2.24) is 0 Å². The first-order valence-corrected chi connectivity index (χ1v) is 6.41. The van der Waals surface area contributed by atoms with Crippen LogP contribution >= 0.6 is 11.3 Å². The van der Waals surface area contributed by atoms with Gasteiger partial charge in [0.05, 0.1) is 6.10 Å². The van der Waals surface area contributed by atoms with Crippen molar-refractivity contribution in [1.29, 1.82) is 0 Å². The monoisotopic (exact) mass is 210 g/mol.